The number of carboxylic acids is 1. The minimum absolute atomic E-state index is 0.0260. The molecule has 0 aliphatic heterocycles. The van der Waals surface area contributed by atoms with Gasteiger partial charge in [-0.2, -0.15) is 0 Å². The van der Waals surface area contributed by atoms with Crippen molar-refractivity contribution in [2.75, 3.05) is 6.54 Å². The normalized spacial score (nSPS) is 13.2. The van der Waals surface area contributed by atoms with E-state index in [1.54, 1.807) is 43.3 Å². The van der Waals surface area contributed by atoms with Crippen molar-refractivity contribution in [2.24, 2.45) is 0 Å². The number of aliphatic carboxylic acids is 1. The second kappa shape index (κ2) is 6.65. The molecule has 2 aromatic carbocycles. The highest BCUT2D eigenvalue weighted by Gasteiger charge is 2.35. The number of nitrogens with one attached hydrogen (secondary N) is 1. The van der Waals surface area contributed by atoms with Crippen LogP contribution in [0.5, 0.6) is 0 Å². The van der Waals surface area contributed by atoms with Crippen LogP contribution in [-0.2, 0) is 10.2 Å². The van der Waals surface area contributed by atoms with Crippen molar-refractivity contribution in [3.05, 3.63) is 70.8 Å². The fourth-order valence-electron chi connectivity index (χ4n) is 2.57. The van der Waals surface area contributed by atoms with Crippen LogP contribution in [0.2, 0.25) is 0 Å². The number of carboxylic acid groups (broad SMARTS) is 1. The quantitative estimate of drug-likeness (QED) is 0.892. The highest BCUT2D eigenvalue weighted by atomic mass is 16.4. The summed E-state index contributed by atoms with van der Waals surface area (Å²) in [5, 5.41) is 12.4. The van der Waals surface area contributed by atoms with Gasteiger partial charge in [-0.3, -0.25) is 9.59 Å². The number of hydrogen-bond acceptors (Lipinski definition) is 2. The lowest BCUT2D eigenvalue weighted by atomic mass is 9.82. The van der Waals surface area contributed by atoms with Gasteiger partial charge in [0.25, 0.3) is 5.91 Å². The summed E-state index contributed by atoms with van der Waals surface area (Å²) in [6.07, 6.45) is 0. The molecule has 2 aromatic rings. The molecular formula is C19H21NO3. The topological polar surface area (TPSA) is 66.4 Å². The van der Waals surface area contributed by atoms with E-state index in [1.807, 2.05) is 26.0 Å². The first-order chi connectivity index (χ1) is 10.8. The van der Waals surface area contributed by atoms with Crippen LogP contribution >= 0.6 is 0 Å². The molecule has 0 bridgehead atoms. The zero-order valence-corrected chi connectivity index (χ0v) is 13.6. The molecule has 2 rings (SSSR count). The van der Waals surface area contributed by atoms with E-state index in [4.69, 9.17) is 0 Å². The number of rotatable bonds is 5. The lowest BCUT2D eigenvalue weighted by Crippen LogP contribution is -2.44. The van der Waals surface area contributed by atoms with E-state index in [0.29, 0.717) is 11.1 Å². The lowest BCUT2D eigenvalue weighted by molar-refractivity contribution is -0.142. The molecule has 23 heavy (non-hydrogen) atoms. The Bertz CT molecular complexity index is 704. The summed E-state index contributed by atoms with van der Waals surface area (Å²) in [5.41, 5.74) is 2.03. The third kappa shape index (κ3) is 3.77. The van der Waals surface area contributed by atoms with Gasteiger partial charge in [0, 0.05) is 12.1 Å². The molecular weight excluding hydrogens is 290 g/mol. The molecule has 120 valence electrons. The van der Waals surface area contributed by atoms with Crippen molar-refractivity contribution < 1.29 is 14.7 Å². The Kier molecular flexibility index (Phi) is 4.84. The van der Waals surface area contributed by atoms with Crippen molar-refractivity contribution in [2.45, 2.75) is 26.2 Å². The van der Waals surface area contributed by atoms with Gasteiger partial charge in [0.1, 0.15) is 5.41 Å². The van der Waals surface area contributed by atoms with Gasteiger partial charge in [-0.15, -0.1) is 0 Å². The maximum absolute atomic E-state index is 12.3. The smallest absolute Gasteiger partial charge is 0.315 e. The fraction of sp³-hybridized carbons (Fsp3) is 0.263. The number of amides is 1. The van der Waals surface area contributed by atoms with Crippen LogP contribution in [0.15, 0.2) is 48.5 Å². The predicted molar refractivity (Wildman–Crippen MR) is 89.7 cm³/mol. The van der Waals surface area contributed by atoms with E-state index in [-0.39, 0.29) is 12.5 Å². The second-order valence-corrected chi connectivity index (χ2v) is 6.06. The number of carbonyl (C=O) groups excluding carboxylic acids is 1. The molecule has 0 fully saturated rings. The second-order valence-electron chi connectivity index (χ2n) is 6.06. The minimum Gasteiger partial charge on any atom is -0.481 e. The molecule has 0 aromatic heterocycles. The monoisotopic (exact) mass is 311 g/mol. The number of benzene rings is 2. The molecule has 0 saturated carbocycles. The van der Waals surface area contributed by atoms with Crippen LogP contribution in [-0.4, -0.2) is 23.5 Å². The molecule has 0 aliphatic rings. The summed E-state index contributed by atoms with van der Waals surface area (Å²) >= 11 is 0. The summed E-state index contributed by atoms with van der Waals surface area (Å²) < 4.78 is 0. The summed E-state index contributed by atoms with van der Waals surface area (Å²) in [6, 6.07) is 14.5. The molecule has 0 heterocycles. The Hall–Kier alpha value is -2.62. The fourth-order valence-corrected chi connectivity index (χ4v) is 2.57. The van der Waals surface area contributed by atoms with Gasteiger partial charge in [0.15, 0.2) is 0 Å². The summed E-state index contributed by atoms with van der Waals surface area (Å²) in [5.74, 6) is -1.23. The van der Waals surface area contributed by atoms with Gasteiger partial charge in [0.2, 0.25) is 0 Å². The number of carbonyl (C=O) groups is 2. The Morgan fingerprint density at radius 2 is 1.61 bits per heavy atom. The highest BCUT2D eigenvalue weighted by Crippen LogP contribution is 2.23. The van der Waals surface area contributed by atoms with Crippen LogP contribution in [0.1, 0.15) is 34.0 Å². The average molecular weight is 311 g/mol. The van der Waals surface area contributed by atoms with Crippen LogP contribution in [0.4, 0.5) is 0 Å². The molecule has 0 radical (unpaired) electrons. The molecule has 0 spiro atoms. The highest BCUT2D eigenvalue weighted by molar-refractivity contribution is 5.95. The molecule has 0 aliphatic carbocycles. The summed E-state index contributed by atoms with van der Waals surface area (Å²) in [7, 11) is 0. The van der Waals surface area contributed by atoms with Gasteiger partial charge >= 0.3 is 5.97 Å². The molecule has 1 amide bonds. The van der Waals surface area contributed by atoms with Crippen LogP contribution < -0.4 is 5.32 Å². The van der Waals surface area contributed by atoms with E-state index in [1.165, 1.54) is 0 Å². The van der Waals surface area contributed by atoms with Gasteiger partial charge in [-0.25, -0.2) is 0 Å². The van der Waals surface area contributed by atoms with Crippen molar-refractivity contribution >= 4 is 11.9 Å². The van der Waals surface area contributed by atoms with Gasteiger partial charge in [-0.1, -0.05) is 47.5 Å². The van der Waals surface area contributed by atoms with Crippen molar-refractivity contribution in [1.82, 2.24) is 5.32 Å². The largest absolute Gasteiger partial charge is 0.481 e. The number of aryl methyl sites for hydroxylation is 2. The molecule has 1 atom stereocenters. The van der Waals surface area contributed by atoms with Crippen LogP contribution in [0.25, 0.3) is 0 Å². The third-order valence-corrected chi connectivity index (χ3v) is 3.97. The zero-order chi connectivity index (χ0) is 17.0. The van der Waals surface area contributed by atoms with Gasteiger partial charge in [-0.05, 0) is 38.5 Å². The van der Waals surface area contributed by atoms with E-state index in [2.05, 4.69) is 5.32 Å². The molecule has 0 saturated heterocycles. The first-order valence-corrected chi connectivity index (χ1v) is 7.48. The van der Waals surface area contributed by atoms with Gasteiger partial charge in [0.05, 0.1) is 0 Å². The standard InChI is InChI=1S/C19H21NO3/c1-13-9-14(2)11-15(10-13)17(21)20-12-19(3,18(22)23)16-7-5-4-6-8-16/h4-11H,12H2,1-3H3,(H,20,21)(H,22,23). The number of hydrogen-bond donors (Lipinski definition) is 2. The average Bonchev–Trinajstić information content (AvgIpc) is 2.52. The van der Waals surface area contributed by atoms with Crippen molar-refractivity contribution in [1.29, 1.82) is 0 Å². The lowest BCUT2D eigenvalue weighted by Gasteiger charge is -2.25. The van der Waals surface area contributed by atoms with E-state index in [9.17, 15) is 14.7 Å². The molecule has 2 N–H and O–H groups in total. The maximum Gasteiger partial charge on any atom is 0.315 e. The van der Waals surface area contributed by atoms with Gasteiger partial charge < -0.3 is 10.4 Å². The third-order valence-electron chi connectivity index (χ3n) is 3.97. The molecule has 1 unspecified atom stereocenters. The first-order valence-electron chi connectivity index (χ1n) is 7.48. The molecule has 4 nitrogen and oxygen atoms in total. The SMILES string of the molecule is Cc1cc(C)cc(C(=O)NCC(C)(C(=O)O)c2ccccc2)c1. The minimum atomic E-state index is -1.17. The van der Waals surface area contributed by atoms with E-state index < -0.39 is 11.4 Å². The summed E-state index contributed by atoms with van der Waals surface area (Å²) in [6.45, 7) is 5.49. The van der Waals surface area contributed by atoms with E-state index >= 15 is 0 Å². The Labute approximate surface area is 136 Å². The first kappa shape index (κ1) is 16.7. The van der Waals surface area contributed by atoms with Crippen LogP contribution in [0.3, 0.4) is 0 Å². The maximum atomic E-state index is 12.3. The van der Waals surface area contributed by atoms with Crippen LogP contribution in [0, 0.1) is 13.8 Å². The Morgan fingerprint density at radius 1 is 1.04 bits per heavy atom. The van der Waals surface area contributed by atoms with Crippen molar-refractivity contribution in [3.63, 3.8) is 0 Å². The Morgan fingerprint density at radius 3 is 2.13 bits per heavy atom. The summed E-state index contributed by atoms with van der Waals surface area (Å²) in [4.78, 5) is 24.1. The molecule has 4 heteroatoms. The van der Waals surface area contributed by atoms with E-state index in [0.717, 1.165) is 11.1 Å². The zero-order valence-electron chi connectivity index (χ0n) is 13.6. The Balaban J connectivity index is 2.19. The van der Waals surface area contributed by atoms with Crippen molar-refractivity contribution in [3.8, 4) is 0 Å². The predicted octanol–water partition coefficient (Wildman–Crippen LogP) is 3.08.